The van der Waals surface area contributed by atoms with Crippen LogP contribution in [0.25, 0.3) is 11.4 Å². The molecule has 3 aromatic rings. The molecule has 1 atom stereocenters. The van der Waals surface area contributed by atoms with Crippen LogP contribution in [0.5, 0.6) is 0 Å². The number of hydrogen-bond acceptors (Lipinski definition) is 4. The van der Waals surface area contributed by atoms with Crippen LogP contribution < -0.4 is 5.32 Å². The summed E-state index contributed by atoms with van der Waals surface area (Å²) in [6, 6.07) is 10.9. The van der Waals surface area contributed by atoms with Crippen LogP contribution in [0.3, 0.4) is 0 Å². The van der Waals surface area contributed by atoms with Crippen molar-refractivity contribution in [1.82, 2.24) is 14.8 Å². The molecule has 0 saturated heterocycles. The van der Waals surface area contributed by atoms with E-state index in [1.54, 1.807) is 48.8 Å². The average Bonchev–Trinajstić information content (AvgIpc) is 3.07. The number of nitrogens with one attached hydrogen (secondary N) is 1. The number of aryl methyl sites for hydroxylation is 1. The van der Waals surface area contributed by atoms with Crippen LogP contribution in [0, 0.1) is 18.6 Å². The van der Waals surface area contributed by atoms with Gasteiger partial charge in [-0.1, -0.05) is 36.0 Å². The Hall–Kier alpha value is -3.00. The second-order valence-corrected chi connectivity index (χ2v) is 7.73. The summed E-state index contributed by atoms with van der Waals surface area (Å²) < 4.78 is 29.9. The van der Waals surface area contributed by atoms with Crippen LogP contribution in [0.15, 0.2) is 60.3 Å². The number of amides is 1. The third kappa shape index (κ3) is 4.71. The molecule has 2 aromatic carbocycles. The number of carbonyl (C=O) groups excluding carboxylic acids is 1. The molecular formula is C21H20F2N4OS. The van der Waals surface area contributed by atoms with E-state index in [0.717, 1.165) is 17.3 Å². The summed E-state index contributed by atoms with van der Waals surface area (Å²) in [5.74, 6) is -0.935. The van der Waals surface area contributed by atoms with E-state index >= 15 is 0 Å². The fourth-order valence-corrected chi connectivity index (χ4v) is 3.54. The van der Waals surface area contributed by atoms with Gasteiger partial charge in [-0.25, -0.2) is 8.78 Å². The van der Waals surface area contributed by atoms with Crippen LogP contribution in [-0.2, 0) is 11.3 Å². The van der Waals surface area contributed by atoms with Crippen LogP contribution >= 0.6 is 11.8 Å². The Morgan fingerprint density at radius 1 is 1.24 bits per heavy atom. The molecule has 0 bridgehead atoms. The minimum atomic E-state index is -0.586. The molecule has 150 valence electrons. The third-order valence-corrected chi connectivity index (χ3v) is 5.26. The maximum atomic E-state index is 14.2. The predicted molar refractivity (Wildman–Crippen MR) is 111 cm³/mol. The molecule has 29 heavy (non-hydrogen) atoms. The Kier molecular flexibility index (Phi) is 6.43. The first-order valence-electron chi connectivity index (χ1n) is 8.93. The van der Waals surface area contributed by atoms with Gasteiger partial charge in [0.1, 0.15) is 11.6 Å². The van der Waals surface area contributed by atoms with Crippen molar-refractivity contribution in [2.24, 2.45) is 0 Å². The van der Waals surface area contributed by atoms with Crippen molar-refractivity contribution in [3.63, 3.8) is 0 Å². The van der Waals surface area contributed by atoms with Crippen molar-refractivity contribution < 1.29 is 13.6 Å². The van der Waals surface area contributed by atoms with Crippen LogP contribution in [0.2, 0.25) is 0 Å². The van der Waals surface area contributed by atoms with Crippen molar-refractivity contribution in [1.29, 1.82) is 0 Å². The summed E-state index contributed by atoms with van der Waals surface area (Å²) in [7, 11) is 0. The first-order chi connectivity index (χ1) is 13.9. The molecule has 0 fully saturated rings. The van der Waals surface area contributed by atoms with Crippen molar-refractivity contribution in [3.05, 3.63) is 72.3 Å². The zero-order chi connectivity index (χ0) is 21.0. The van der Waals surface area contributed by atoms with Crippen LogP contribution in [-0.4, -0.2) is 25.9 Å². The van der Waals surface area contributed by atoms with Gasteiger partial charge in [0.15, 0.2) is 11.0 Å². The molecule has 0 aliphatic carbocycles. The molecule has 1 aromatic heterocycles. The zero-order valence-electron chi connectivity index (χ0n) is 16.0. The van der Waals surface area contributed by atoms with Gasteiger partial charge in [-0.2, -0.15) is 0 Å². The molecule has 0 spiro atoms. The zero-order valence-corrected chi connectivity index (χ0v) is 16.8. The monoisotopic (exact) mass is 414 g/mol. The molecule has 0 aliphatic rings. The van der Waals surface area contributed by atoms with Crippen LogP contribution in [0.1, 0.15) is 12.5 Å². The Morgan fingerprint density at radius 2 is 2.00 bits per heavy atom. The smallest absolute Gasteiger partial charge is 0.237 e. The molecule has 8 heteroatoms. The van der Waals surface area contributed by atoms with Crippen molar-refractivity contribution >= 4 is 23.4 Å². The Bertz CT molecular complexity index is 1050. The fourth-order valence-electron chi connectivity index (χ4n) is 2.68. The quantitative estimate of drug-likeness (QED) is 0.444. The summed E-state index contributed by atoms with van der Waals surface area (Å²) in [6.45, 7) is 7.52. The minimum absolute atomic E-state index is 0.118. The normalized spacial score (nSPS) is 11.9. The van der Waals surface area contributed by atoms with Gasteiger partial charge >= 0.3 is 0 Å². The maximum absolute atomic E-state index is 14.2. The topological polar surface area (TPSA) is 59.8 Å². The SMILES string of the molecule is C=CCn1c(SC(C)C(=O)Nc2ccc(C)cc2F)nnc1-c1ccccc1F. The lowest BCUT2D eigenvalue weighted by molar-refractivity contribution is -0.115. The molecule has 1 N–H and O–H groups in total. The third-order valence-electron chi connectivity index (χ3n) is 4.18. The van der Waals surface area contributed by atoms with E-state index in [-0.39, 0.29) is 11.6 Å². The molecule has 3 rings (SSSR count). The van der Waals surface area contributed by atoms with E-state index in [1.807, 2.05) is 0 Å². The largest absolute Gasteiger partial charge is 0.323 e. The van der Waals surface area contributed by atoms with Gasteiger partial charge in [0, 0.05) is 6.54 Å². The van der Waals surface area contributed by atoms with Crippen molar-refractivity contribution in [2.45, 2.75) is 30.8 Å². The molecule has 1 amide bonds. The maximum Gasteiger partial charge on any atom is 0.237 e. The number of hydrogen-bond donors (Lipinski definition) is 1. The second kappa shape index (κ2) is 9.00. The van der Waals surface area contributed by atoms with Gasteiger partial charge in [-0.3, -0.25) is 9.36 Å². The first-order valence-corrected chi connectivity index (χ1v) is 9.81. The van der Waals surface area contributed by atoms with Gasteiger partial charge in [-0.05, 0) is 43.7 Å². The number of aromatic nitrogens is 3. The minimum Gasteiger partial charge on any atom is -0.323 e. The number of carbonyl (C=O) groups is 1. The van der Waals surface area contributed by atoms with Gasteiger partial charge in [0.25, 0.3) is 0 Å². The van der Waals surface area contributed by atoms with Gasteiger partial charge in [0.05, 0.1) is 16.5 Å². The number of anilines is 1. The van der Waals surface area contributed by atoms with E-state index in [1.165, 1.54) is 18.2 Å². The molecule has 0 saturated carbocycles. The number of halogens is 2. The molecular weight excluding hydrogens is 394 g/mol. The number of rotatable bonds is 7. The highest BCUT2D eigenvalue weighted by molar-refractivity contribution is 8.00. The van der Waals surface area contributed by atoms with Gasteiger partial charge in [-0.15, -0.1) is 16.8 Å². The van der Waals surface area contributed by atoms with E-state index in [2.05, 4.69) is 22.1 Å². The number of allylic oxidation sites excluding steroid dienone is 1. The lowest BCUT2D eigenvalue weighted by Crippen LogP contribution is -2.23. The van der Waals surface area contributed by atoms with E-state index in [4.69, 9.17) is 0 Å². The number of nitrogens with zero attached hydrogens (tertiary/aromatic N) is 3. The van der Waals surface area contributed by atoms with Crippen LogP contribution in [0.4, 0.5) is 14.5 Å². The highest BCUT2D eigenvalue weighted by Crippen LogP contribution is 2.29. The average molecular weight is 414 g/mol. The standard InChI is InChI=1S/C21H20F2N4OS/c1-4-11-27-19(15-7-5-6-8-16(15)22)25-26-21(27)29-14(3)20(28)24-18-10-9-13(2)12-17(18)23/h4-10,12,14H,1,11H2,2-3H3,(H,24,28). The lowest BCUT2D eigenvalue weighted by Gasteiger charge is -2.13. The second-order valence-electron chi connectivity index (χ2n) is 6.42. The summed E-state index contributed by atoms with van der Waals surface area (Å²) in [5.41, 5.74) is 1.20. The summed E-state index contributed by atoms with van der Waals surface area (Å²) >= 11 is 1.15. The molecule has 0 radical (unpaired) electrons. The summed E-state index contributed by atoms with van der Waals surface area (Å²) in [4.78, 5) is 12.5. The molecule has 0 aliphatic heterocycles. The number of benzene rings is 2. The molecule has 1 heterocycles. The molecule has 5 nitrogen and oxygen atoms in total. The molecule has 1 unspecified atom stereocenters. The number of thioether (sulfide) groups is 1. The first kappa shape index (κ1) is 20.7. The van der Waals surface area contributed by atoms with E-state index in [0.29, 0.717) is 23.1 Å². The summed E-state index contributed by atoms with van der Waals surface area (Å²) in [5, 5.41) is 10.7. The Balaban J connectivity index is 1.81. The van der Waals surface area contributed by atoms with Crippen molar-refractivity contribution in [2.75, 3.05) is 5.32 Å². The lowest BCUT2D eigenvalue weighted by atomic mass is 10.2. The van der Waals surface area contributed by atoms with E-state index < -0.39 is 16.9 Å². The Labute approximate surface area is 171 Å². The van der Waals surface area contributed by atoms with Gasteiger partial charge in [0.2, 0.25) is 5.91 Å². The predicted octanol–water partition coefficient (Wildman–Crippen LogP) is 4.84. The fraction of sp³-hybridized carbons (Fsp3) is 0.190. The van der Waals surface area contributed by atoms with Gasteiger partial charge < -0.3 is 5.32 Å². The van der Waals surface area contributed by atoms with Crippen molar-refractivity contribution in [3.8, 4) is 11.4 Å². The van der Waals surface area contributed by atoms with E-state index in [9.17, 15) is 13.6 Å². The Morgan fingerprint density at radius 3 is 2.69 bits per heavy atom. The highest BCUT2D eigenvalue weighted by Gasteiger charge is 2.22. The summed E-state index contributed by atoms with van der Waals surface area (Å²) in [6.07, 6.45) is 1.64. The highest BCUT2D eigenvalue weighted by atomic mass is 32.2.